The first-order valence-corrected chi connectivity index (χ1v) is 9.70. The molecular weight excluding hydrogens is 324 g/mol. The van der Waals surface area contributed by atoms with Crippen molar-refractivity contribution in [1.82, 2.24) is 0 Å². The summed E-state index contributed by atoms with van der Waals surface area (Å²) in [4.78, 5) is 13.4. The van der Waals surface area contributed by atoms with Crippen LogP contribution in [0.15, 0.2) is 53.4 Å². The summed E-state index contributed by atoms with van der Waals surface area (Å²) in [6.07, 6.45) is 3.02. The first-order chi connectivity index (χ1) is 11.3. The number of hydrogen-bond acceptors (Lipinski definition) is 3. The van der Waals surface area contributed by atoms with Gasteiger partial charge in [0.25, 0.3) is 0 Å². The highest BCUT2D eigenvalue weighted by Gasteiger charge is 2.15. The quantitative estimate of drug-likeness (QED) is 0.870. The first-order valence-electron chi connectivity index (χ1n) is 7.81. The zero-order chi connectivity index (χ0) is 17.7. The molecular formula is C18H22N2O3S. The molecule has 24 heavy (non-hydrogen) atoms. The molecule has 0 aliphatic carbocycles. The van der Waals surface area contributed by atoms with Crippen molar-refractivity contribution < 1.29 is 13.2 Å². The largest absolute Gasteiger partial charge is 0.351 e. The number of sulfone groups is 1. The monoisotopic (exact) mass is 346 g/mol. The van der Waals surface area contributed by atoms with Gasteiger partial charge in [-0.15, -0.1) is 0 Å². The second kappa shape index (κ2) is 7.49. The number of amides is 2. The van der Waals surface area contributed by atoms with Crippen LogP contribution in [-0.4, -0.2) is 27.2 Å². The Morgan fingerprint density at radius 3 is 2.25 bits per heavy atom. The van der Waals surface area contributed by atoms with Gasteiger partial charge in [-0.1, -0.05) is 43.7 Å². The van der Waals surface area contributed by atoms with E-state index < -0.39 is 15.9 Å². The highest BCUT2D eigenvalue weighted by Crippen LogP contribution is 2.29. The minimum absolute atomic E-state index is 0.287. The van der Waals surface area contributed by atoms with Crippen molar-refractivity contribution in [3.63, 3.8) is 0 Å². The Morgan fingerprint density at radius 2 is 1.71 bits per heavy atom. The predicted octanol–water partition coefficient (Wildman–Crippen LogP) is 3.44. The number of unbranched alkanes of at least 4 members (excludes halogenated alkanes) is 1. The summed E-state index contributed by atoms with van der Waals surface area (Å²) in [6, 6.07) is 13.6. The fraction of sp³-hybridized carbons (Fsp3) is 0.278. The summed E-state index contributed by atoms with van der Waals surface area (Å²) in [7, 11) is -3.32. The van der Waals surface area contributed by atoms with Crippen molar-refractivity contribution in [3.05, 3.63) is 48.5 Å². The third-order valence-corrected chi connectivity index (χ3v) is 4.93. The number of hydrogen-bond donors (Lipinski definition) is 1. The van der Waals surface area contributed by atoms with Gasteiger partial charge in [-0.25, -0.2) is 13.2 Å². The standard InChI is InChI=1S/C18H22N2O3S/c1-3-4-13-20(18(19)21)15-11-9-14(10-12-15)16-7-5-6-8-17(16)24(2,22)23/h5-12H,3-4,13H2,1-2H3,(H2,19,21). The number of benzene rings is 2. The van der Waals surface area contributed by atoms with Crippen molar-refractivity contribution >= 4 is 21.6 Å². The molecule has 0 unspecified atom stereocenters. The first kappa shape index (κ1) is 18.0. The van der Waals surface area contributed by atoms with Crippen LogP contribution in [0, 0.1) is 0 Å². The fourth-order valence-electron chi connectivity index (χ4n) is 2.53. The summed E-state index contributed by atoms with van der Waals surface area (Å²) >= 11 is 0. The van der Waals surface area contributed by atoms with E-state index in [4.69, 9.17) is 5.73 Å². The molecule has 2 amide bonds. The maximum absolute atomic E-state index is 11.9. The molecule has 0 aromatic heterocycles. The molecule has 0 bridgehead atoms. The Kier molecular flexibility index (Phi) is 5.62. The van der Waals surface area contributed by atoms with Crippen LogP contribution in [0.25, 0.3) is 11.1 Å². The zero-order valence-corrected chi connectivity index (χ0v) is 14.7. The van der Waals surface area contributed by atoms with E-state index in [1.807, 2.05) is 6.92 Å². The average molecular weight is 346 g/mol. The van der Waals surface area contributed by atoms with Crippen molar-refractivity contribution in [3.8, 4) is 11.1 Å². The van der Waals surface area contributed by atoms with Crippen LogP contribution in [0.5, 0.6) is 0 Å². The molecule has 0 fully saturated rings. The van der Waals surface area contributed by atoms with Crippen LogP contribution >= 0.6 is 0 Å². The molecule has 128 valence electrons. The Morgan fingerprint density at radius 1 is 1.08 bits per heavy atom. The molecule has 0 saturated carbocycles. The minimum atomic E-state index is -3.32. The molecule has 0 radical (unpaired) electrons. The molecule has 2 aromatic carbocycles. The van der Waals surface area contributed by atoms with Crippen molar-refractivity contribution in [2.45, 2.75) is 24.7 Å². The van der Waals surface area contributed by atoms with E-state index in [2.05, 4.69) is 0 Å². The Hall–Kier alpha value is -2.34. The third kappa shape index (κ3) is 4.14. The maximum Gasteiger partial charge on any atom is 0.319 e. The van der Waals surface area contributed by atoms with Crippen LogP contribution in [0.4, 0.5) is 10.5 Å². The van der Waals surface area contributed by atoms with Crippen molar-refractivity contribution in [2.75, 3.05) is 17.7 Å². The fourth-order valence-corrected chi connectivity index (χ4v) is 3.44. The molecule has 0 saturated heterocycles. The number of anilines is 1. The molecule has 0 heterocycles. The number of rotatable bonds is 6. The molecule has 5 nitrogen and oxygen atoms in total. The van der Waals surface area contributed by atoms with Crippen LogP contribution in [0.1, 0.15) is 19.8 Å². The van der Waals surface area contributed by atoms with E-state index in [0.29, 0.717) is 17.8 Å². The lowest BCUT2D eigenvalue weighted by Crippen LogP contribution is -2.36. The van der Waals surface area contributed by atoms with Gasteiger partial charge in [0.15, 0.2) is 9.84 Å². The van der Waals surface area contributed by atoms with E-state index in [-0.39, 0.29) is 4.90 Å². The maximum atomic E-state index is 11.9. The van der Waals surface area contributed by atoms with Gasteiger partial charge in [0, 0.05) is 24.1 Å². The van der Waals surface area contributed by atoms with Gasteiger partial charge >= 0.3 is 6.03 Å². The summed E-state index contributed by atoms with van der Waals surface area (Å²) in [6.45, 7) is 2.61. The lowest BCUT2D eigenvalue weighted by atomic mass is 10.1. The van der Waals surface area contributed by atoms with Gasteiger partial charge in [0.05, 0.1) is 4.90 Å². The van der Waals surface area contributed by atoms with E-state index in [1.54, 1.807) is 48.5 Å². The number of carbonyl (C=O) groups is 1. The van der Waals surface area contributed by atoms with Crippen LogP contribution in [-0.2, 0) is 9.84 Å². The summed E-state index contributed by atoms with van der Waals surface area (Å²) in [5, 5.41) is 0. The Labute approximate surface area is 143 Å². The van der Waals surface area contributed by atoms with E-state index >= 15 is 0 Å². The van der Waals surface area contributed by atoms with Crippen LogP contribution < -0.4 is 10.6 Å². The third-order valence-electron chi connectivity index (χ3n) is 3.78. The van der Waals surface area contributed by atoms with Gasteiger partial charge in [0.2, 0.25) is 0 Å². The highest BCUT2D eigenvalue weighted by atomic mass is 32.2. The van der Waals surface area contributed by atoms with E-state index in [1.165, 1.54) is 11.2 Å². The van der Waals surface area contributed by atoms with Gasteiger partial charge in [-0.3, -0.25) is 4.90 Å². The lowest BCUT2D eigenvalue weighted by molar-refractivity contribution is 0.254. The van der Waals surface area contributed by atoms with Gasteiger partial charge in [-0.05, 0) is 30.2 Å². The number of carbonyl (C=O) groups excluding carboxylic acids is 1. The van der Waals surface area contributed by atoms with Gasteiger partial charge in [-0.2, -0.15) is 0 Å². The smallest absolute Gasteiger partial charge is 0.319 e. The van der Waals surface area contributed by atoms with Crippen molar-refractivity contribution in [1.29, 1.82) is 0 Å². The van der Waals surface area contributed by atoms with Gasteiger partial charge in [0.1, 0.15) is 0 Å². The minimum Gasteiger partial charge on any atom is -0.351 e. The number of primary amides is 1. The lowest BCUT2D eigenvalue weighted by Gasteiger charge is -2.20. The number of nitrogens with zero attached hydrogens (tertiary/aromatic N) is 1. The van der Waals surface area contributed by atoms with Crippen molar-refractivity contribution in [2.24, 2.45) is 5.73 Å². The van der Waals surface area contributed by atoms with E-state index in [0.717, 1.165) is 18.4 Å². The summed E-state index contributed by atoms with van der Waals surface area (Å²) < 4.78 is 23.9. The molecule has 2 N–H and O–H groups in total. The summed E-state index contributed by atoms with van der Waals surface area (Å²) in [5.41, 5.74) is 7.57. The molecule has 0 aliphatic heterocycles. The van der Waals surface area contributed by atoms with Crippen LogP contribution in [0.2, 0.25) is 0 Å². The highest BCUT2D eigenvalue weighted by molar-refractivity contribution is 7.90. The topological polar surface area (TPSA) is 80.5 Å². The van der Waals surface area contributed by atoms with E-state index in [9.17, 15) is 13.2 Å². The molecule has 2 aromatic rings. The second-order valence-electron chi connectivity index (χ2n) is 5.66. The average Bonchev–Trinajstić information content (AvgIpc) is 2.55. The molecule has 0 spiro atoms. The van der Waals surface area contributed by atoms with Gasteiger partial charge < -0.3 is 5.73 Å². The number of urea groups is 1. The molecule has 2 rings (SSSR count). The summed E-state index contributed by atoms with van der Waals surface area (Å²) in [5.74, 6) is 0. The predicted molar refractivity (Wildman–Crippen MR) is 96.8 cm³/mol. The Bertz CT molecular complexity index is 814. The zero-order valence-electron chi connectivity index (χ0n) is 13.9. The second-order valence-corrected chi connectivity index (χ2v) is 7.64. The van der Waals surface area contributed by atoms with Crippen LogP contribution in [0.3, 0.4) is 0 Å². The normalized spacial score (nSPS) is 11.2. The molecule has 0 aliphatic rings. The SMILES string of the molecule is CCCCN(C(N)=O)c1ccc(-c2ccccc2S(C)(=O)=O)cc1. The Balaban J connectivity index is 2.38. The molecule has 6 heteroatoms. The molecule has 0 atom stereocenters. The number of nitrogens with two attached hydrogens (primary N) is 1.